The van der Waals surface area contributed by atoms with Crippen LogP contribution in [0.3, 0.4) is 0 Å². The van der Waals surface area contributed by atoms with Gasteiger partial charge in [-0.25, -0.2) is 9.59 Å². The SMILES string of the molecule is CCC(CCC(C)C(=O)OOC(C)(C)C)C(=O)OOC(C)(C)C. The van der Waals surface area contributed by atoms with Crippen LogP contribution in [0.1, 0.15) is 74.7 Å². The van der Waals surface area contributed by atoms with Gasteiger partial charge in [-0.3, -0.25) is 9.78 Å². The zero-order chi connectivity index (χ0) is 18.3. The van der Waals surface area contributed by atoms with Gasteiger partial charge in [-0.2, -0.15) is 9.78 Å². The van der Waals surface area contributed by atoms with Crippen LogP contribution in [0.15, 0.2) is 0 Å². The van der Waals surface area contributed by atoms with E-state index in [4.69, 9.17) is 19.6 Å². The van der Waals surface area contributed by atoms with E-state index in [0.717, 1.165) is 0 Å². The van der Waals surface area contributed by atoms with Crippen molar-refractivity contribution in [3.8, 4) is 0 Å². The van der Waals surface area contributed by atoms with E-state index < -0.39 is 23.1 Å². The number of carbonyl (C=O) groups excluding carboxylic acids is 2. The maximum atomic E-state index is 12.0. The van der Waals surface area contributed by atoms with Gasteiger partial charge in [0.05, 0.1) is 11.8 Å². The van der Waals surface area contributed by atoms with Crippen LogP contribution < -0.4 is 0 Å². The molecule has 0 amide bonds. The van der Waals surface area contributed by atoms with Crippen LogP contribution in [0.4, 0.5) is 0 Å². The number of hydrogen-bond acceptors (Lipinski definition) is 6. The minimum Gasteiger partial charge on any atom is -0.298 e. The molecule has 0 saturated carbocycles. The topological polar surface area (TPSA) is 71.1 Å². The standard InChI is InChI=1S/C17H32O6/c1-9-13(15(19)21-23-17(6,7)8)11-10-12(2)14(18)20-22-16(3,4)5/h12-13H,9-11H2,1-8H3. The van der Waals surface area contributed by atoms with Crippen molar-refractivity contribution in [3.63, 3.8) is 0 Å². The fourth-order valence-corrected chi connectivity index (χ4v) is 1.54. The summed E-state index contributed by atoms with van der Waals surface area (Å²) in [4.78, 5) is 43.5. The second-order valence-corrected chi connectivity index (χ2v) is 7.78. The molecule has 2 unspecified atom stereocenters. The molecule has 0 aromatic heterocycles. The lowest BCUT2D eigenvalue weighted by Crippen LogP contribution is -2.27. The molecule has 6 heteroatoms. The Bertz CT molecular complexity index is 378. The van der Waals surface area contributed by atoms with Gasteiger partial charge in [-0.15, -0.1) is 0 Å². The first-order valence-electron chi connectivity index (χ1n) is 8.14. The quantitative estimate of drug-likeness (QED) is 0.494. The Labute approximate surface area is 139 Å². The number of hydrogen-bond donors (Lipinski definition) is 0. The molecule has 0 aliphatic heterocycles. The van der Waals surface area contributed by atoms with Gasteiger partial charge in [0.1, 0.15) is 11.2 Å². The van der Waals surface area contributed by atoms with Crippen LogP contribution in [-0.4, -0.2) is 23.1 Å². The minimum atomic E-state index is -0.546. The molecular weight excluding hydrogens is 300 g/mol. The summed E-state index contributed by atoms with van der Waals surface area (Å²) in [6.07, 6.45) is 1.65. The van der Waals surface area contributed by atoms with Crippen molar-refractivity contribution in [1.29, 1.82) is 0 Å². The van der Waals surface area contributed by atoms with E-state index in [1.165, 1.54) is 0 Å². The Kier molecular flexibility index (Phi) is 8.77. The van der Waals surface area contributed by atoms with Crippen LogP contribution in [0.25, 0.3) is 0 Å². The summed E-state index contributed by atoms with van der Waals surface area (Å²) >= 11 is 0. The van der Waals surface area contributed by atoms with Crippen LogP contribution in [0.2, 0.25) is 0 Å². The first-order chi connectivity index (χ1) is 10.4. The average Bonchev–Trinajstić information content (AvgIpc) is 2.41. The van der Waals surface area contributed by atoms with Gasteiger partial charge < -0.3 is 0 Å². The summed E-state index contributed by atoms with van der Waals surface area (Å²) in [7, 11) is 0. The van der Waals surface area contributed by atoms with Gasteiger partial charge in [-0.1, -0.05) is 13.8 Å². The second-order valence-electron chi connectivity index (χ2n) is 7.78. The Morgan fingerprint density at radius 1 is 0.826 bits per heavy atom. The molecule has 0 rings (SSSR count). The highest BCUT2D eigenvalue weighted by molar-refractivity contribution is 5.73. The lowest BCUT2D eigenvalue weighted by molar-refractivity contribution is -0.324. The molecule has 2 atom stereocenters. The highest BCUT2D eigenvalue weighted by atomic mass is 17.2. The van der Waals surface area contributed by atoms with E-state index in [9.17, 15) is 9.59 Å². The van der Waals surface area contributed by atoms with Crippen molar-refractivity contribution in [3.05, 3.63) is 0 Å². The van der Waals surface area contributed by atoms with Crippen LogP contribution >= 0.6 is 0 Å². The van der Waals surface area contributed by atoms with Gasteiger partial charge in [0.15, 0.2) is 0 Å². The van der Waals surface area contributed by atoms with E-state index in [1.54, 1.807) is 48.5 Å². The molecule has 23 heavy (non-hydrogen) atoms. The predicted molar refractivity (Wildman–Crippen MR) is 86.0 cm³/mol. The summed E-state index contributed by atoms with van der Waals surface area (Å²) < 4.78 is 0. The van der Waals surface area contributed by atoms with E-state index in [0.29, 0.717) is 19.3 Å². The summed E-state index contributed by atoms with van der Waals surface area (Å²) in [5.74, 6) is -1.51. The fraction of sp³-hybridized carbons (Fsp3) is 0.882. The maximum absolute atomic E-state index is 12.0. The van der Waals surface area contributed by atoms with E-state index in [2.05, 4.69) is 0 Å². The molecule has 136 valence electrons. The van der Waals surface area contributed by atoms with Crippen molar-refractivity contribution >= 4 is 11.9 Å². The van der Waals surface area contributed by atoms with Crippen LogP contribution in [0, 0.1) is 11.8 Å². The van der Waals surface area contributed by atoms with Crippen molar-refractivity contribution in [2.24, 2.45) is 11.8 Å². The maximum Gasteiger partial charge on any atom is 0.345 e. The highest BCUT2D eigenvalue weighted by Gasteiger charge is 2.25. The van der Waals surface area contributed by atoms with Gasteiger partial charge >= 0.3 is 11.9 Å². The van der Waals surface area contributed by atoms with Gasteiger partial charge in [-0.05, 0) is 60.8 Å². The Hall–Kier alpha value is -1.14. The fourth-order valence-electron chi connectivity index (χ4n) is 1.54. The first-order valence-corrected chi connectivity index (χ1v) is 8.14. The van der Waals surface area contributed by atoms with Crippen molar-refractivity contribution in [2.75, 3.05) is 0 Å². The molecule has 0 bridgehead atoms. The minimum absolute atomic E-state index is 0.309. The zero-order valence-corrected chi connectivity index (χ0v) is 15.7. The third kappa shape index (κ3) is 11.1. The summed E-state index contributed by atoms with van der Waals surface area (Å²) in [6, 6.07) is 0. The molecule has 0 aliphatic carbocycles. The monoisotopic (exact) mass is 332 g/mol. The Morgan fingerprint density at radius 2 is 1.26 bits per heavy atom. The van der Waals surface area contributed by atoms with Gasteiger partial charge in [0.25, 0.3) is 0 Å². The largest absolute Gasteiger partial charge is 0.345 e. The number of carbonyl (C=O) groups is 2. The van der Waals surface area contributed by atoms with Crippen molar-refractivity contribution in [1.82, 2.24) is 0 Å². The van der Waals surface area contributed by atoms with Gasteiger partial charge in [0.2, 0.25) is 0 Å². The third-order valence-corrected chi connectivity index (χ3v) is 2.92. The molecule has 6 nitrogen and oxygen atoms in total. The third-order valence-electron chi connectivity index (χ3n) is 2.92. The molecule has 0 aromatic carbocycles. The van der Waals surface area contributed by atoms with E-state index in [1.807, 2.05) is 6.92 Å². The Morgan fingerprint density at radius 3 is 1.65 bits per heavy atom. The molecule has 0 aromatic rings. The number of rotatable bonds is 8. The molecule has 0 fully saturated rings. The molecule has 0 aliphatic rings. The Balaban J connectivity index is 4.28. The van der Waals surface area contributed by atoms with E-state index >= 15 is 0 Å². The van der Waals surface area contributed by atoms with Crippen LogP contribution in [-0.2, 0) is 29.1 Å². The lowest BCUT2D eigenvalue weighted by Gasteiger charge is -2.21. The molecule has 0 N–H and O–H groups in total. The molecule has 0 spiro atoms. The predicted octanol–water partition coefficient (Wildman–Crippen LogP) is 3.98. The zero-order valence-electron chi connectivity index (χ0n) is 15.7. The summed E-state index contributed by atoms with van der Waals surface area (Å²) in [6.45, 7) is 14.4. The highest BCUT2D eigenvalue weighted by Crippen LogP contribution is 2.20. The molecule has 0 radical (unpaired) electrons. The summed E-state index contributed by atoms with van der Waals surface area (Å²) in [5.41, 5.74) is -1.09. The lowest BCUT2D eigenvalue weighted by atomic mass is 9.95. The van der Waals surface area contributed by atoms with Crippen LogP contribution in [0.5, 0.6) is 0 Å². The molecular formula is C17H32O6. The summed E-state index contributed by atoms with van der Waals surface area (Å²) in [5, 5.41) is 0. The van der Waals surface area contributed by atoms with E-state index in [-0.39, 0.29) is 11.8 Å². The smallest absolute Gasteiger partial charge is 0.298 e. The van der Waals surface area contributed by atoms with Crippen molar-refractivity contribution < 1.29 is 29.1 Å². The molecule has 0 heterocycles. The second kappa shape index (κ2) is 9.23. The van der Waals surface area contributed by atoms with Gasteiger partial charge in [0, 0.05) is 0 Å². The average molecular weight is 332 g/mol. The first kappa shape index (κ1) is 21.9. The van der Waals surface area contributed by atoms with Crippen molar-refractivity contribution in [2.45, 2.75) is 85.9 Å². The normalized spacial score (nSPS) is 15.0. The molecule has 0 saturated heterocycles.